The molecule has 0 amide bonds. The highest BCUT2D eigenvalue weighted by molar-refractivity contribution is 8.00. The first-order valence-corrected chi connectivity index (χ1v) is 5.98. The lowest BCUT2D eigenvalue weighted by Crippen LogP contribution is -2.06. The molecule has 17 heavy (non-hydrogen) atoms. The molecule has 0 aromatic heterocycles. The second-order valence-corrected chi connectivity index (χ2v) is 4.62. The number of methoxy groups -OCH3 is 1. The zero-order chi connectivity index (χ0) is 13.0. The molecule has 0 unspecified atom stereocenters. The molecular weight excluding hydrogens is 240 g/mol. The molecule has 0 atom stereocenters. The van der Waals surface area contributed by atoms with E-state index in [1.807, 2.05) is 19.9 Å². The second-order valence-electron chi connectivity index (χ2n) is 3.61. The van der Waals surface area contributed by atoms with E-state index in [9.17, 15) is 9.59 Å². The van der Waals surface area contributed by atoms with Gasteiger partial charge in [0.1, 0.15) is 0 Å². The Kier molecular flexibility index (Phi) is 4.57. The number of esters is 1. The van der Waals surface area contributed by atoms with E-state index in [1.165, 1.54) is 7.11 Å². The molecule has 0 aliphatic carbocycles. The van der Waals surface area contributed by atoms with Gasteiger partial charge in [0.2, 0.25) is 0 Å². The van der Waals surface area contributed by atoms with E-state index in [0.717, 1.165) is 22.9 Å². The lowest BCUT2D eigenvalue weighted by Gasteiger charge is -2.10. The molecule has 1 rings (SSSR count). The van der Waals surface area contributed by atoms with Crippen LogP contribution in [-0.4, -0.2) is 29.9 Å². The van der Waals surface area contributed by atoms with Gasteiger partial charge in [0.25, 0.3) is 0 Å². The Morgan fingerprint density at radius 2 is 1.88 bits per heavy atom. The van der Waals surface area contributed by atoms with Gasteiger partial charge in [0, 0.05) is 4.90 Å². The molecule has 0 aliphatic heterocycles. The molecule has 0 saturated carbocycles. The number of hydrogen-bond donors (Lipinski definition) is 1. The molecule has 4 nitrogen and oxygen atoms in total. The maximum Gasteiger partial charge on any atom is 0.339 e. The molecule has 0 spiro atoms. The highest BCUT2D eigenvalue weighted by atomic mass is 32.2. The van der Waals surface area contributed by atoms with E-state index in [4.69, 9.17) is 5.11 Å². The number of hydrogen-bond acceptors (Lipinski definition) is 4. The Morgan fingerprint density at radius 3 is 2.41 bits per heavy atom. The molecule has 0 saturated heterocycles. The zero-order valence-electron chi connectivity index (χ0n) is 9.94. The fourth-order valence-corrected chi connectivity index (χ4v) is 2.15. The summed E-state index contributed by atoms with van der Waals surface area (Å²) in [5.74, 6) is -1.43. The normalized spacial score (nSPS) is 10.1. The summed E-state index contributed by atoms with van der Waals surface area (Å²) in [6, 6.07) is 3.54. The van der Waals surface area contributed by atoms with Gasteiger partial charge in [-0.15, -0.1) is 11.8 Å². The predicted molar refractivity (Wildman–Crippen MR) is 65.6 cm³/mol. The van der Waals surface area contributed by atoms with Crippen LogP contribution in [0, 0.1) is 13.8 Å². The minimum absolute atomic E-state index is 0.0769. The van der Waals surface area contributed by atoms with Crippen LogP contribution in [-0.2, 0) is 9.53 Å². The van der Waals surface area contributed by atoms with Gasteiger partial charge in [0.05, 0.1) is 18.4 Å². The summed E-state index contributed by atoms with van der Waals surface area (Å²) in [6.07, 6.45) is 0. The lowest BCUT2D eigenvalue weighted by atomic mass is 10.1. The molecule has 1 aromatic carbocycles. The summed E-state index contributed by atoms with van der Waals surface area (Å²) < 4.78 is 4.68. The third kappa shape index (κ3) is 3.49. The van der Waals surface area contributed by atoms with Gasteiger partial charge in [-0.3, -0.25) is 4.79 Å². The monoisotopic (exact) mass is 254 g/mol. The van der Waals surface area contributed by atoms with Crippen molar-refractivity contribution in [2.75, 3.05) is 12.9 Å². The minimum Gasteiger partial charge on any atom is -0.481 e. The van der Waals surface area contributed by atoms with Gasteiger partial charge in [-0.05, 0) is 37.1 Å². The standard InChI is InChI=1S/C12H14O4S/c1-7-4-9(12(15)16-3)10(5-8(7)2)17-6-11(13)14/h4-5H,6H2,1-3H3,(H,13,14). The number of thioether (sulfide) groups is 1. The molecule has 5 heteroatoms. The van der Waals surface area contributed by atoms with Crippen molar-refractivity contribution in [3.63, 3.8) is 0 Å². The molecule has 0 fully saturated rings. The van der Waals surface area contributed by atoms with Crippen molar-refractivity contribution < 1.29 is 19.4 Å². The first-order valence-electron chi connectivity index (χ1n) is 5.00. The molecule has 0 heterocycles. The van der Waals surface area contributed by atoms with Crippen LogP contribution in [0.25, 0.3) is 0 Å². The molecule has 1 aromatic rings. The van der Waals surface area contributed by atoms with E-state index >= 15 is 0 Å². The smallest absolute Gasteiger partial charge is 0.339 e. The van der Waals surface area contributed by atoms with Gasteiger partial charge in [-0.2, -0.15) is 0 Å². The largest absolute Gasteiger partial charge is 0.481 e. The Balaban J connectivity index is 3.11. The molecule has 92 valence electrons. The summed E-state index contributed by atoms with van der Waals surface area (Å²) in [6.45, 7) is 3.81. The van der Waals surface area contributed by atoms with Crippen LogP contribution in [0.15, 0.2) is 17.0 Å². The molecular formula is C12H14O4S. The van der Waals surface area contributed by atoms with Crippen LogP contribution in [0.5, 0.6) is 0 Å². The van der Waals surface area contributed by atoms with Crippen LogP contribution < -0.4 is 0 Å². The summed E-state index contributed by atoms with van der Waals surface area (Å²) in [5, 5.41) is 8.65. The summed E-state index contributed by atoms with van der Waals surface area (Å²) in [4.78, 5) is 22.7. The van der Waals surface area contributed by atoms with E-state index in [1.54, 1.807) is 6.07 Å². The van der Waals surface area contributed by atoms with E-state index in [0.29, 0.717) is 10.5 Å². The second kappa shape index (κ2) is 5.72. The number of rotatable bonds is 4. The third-order valence-electron chi connectivity index (χ3n) is 2.35. The Morgan fingerprint density at radius 1 is 1.29 bits per heavy atom. The Bertz CT molecular complexity index is 454. The Hall–Kier alpha value is -1.49. The average molecular weight is 254 g/mol. The SMILES string of the molecule is COC(=O)c1cc(C)c(C)cc1SCC(=O)O. The van der Waals surface area contributed by atoms with Crippen molar-refractivity contribution in [1.82, 2.24) is 0 Å². The fraction of sp³-hybridized carbons (Fsp3) is 0.333. The highest BCUT2D eigenvalue weighted by Crippen LogP contribution is 2.26. The first kappa shape index (κ1) is 13.6. The predicted octanol–water partition coefficient (Wildman–Crippen LogP) is 2.27. The Labute approximate surface area is 104 Å². The highest BCUT2D eigenvalue weighted by Gasteiger charge is 2.14. The van der Waals surface area contributed by atoms with Crippen molar-refractivity contribution in [3.05, 3.63) is 28.8 Å². The summed E-state index contributed by atoms with van der Waals surface area (Å²) in [7, 11) is 1.31. The van der Waals surface area contributed by atoms with Crippen LogP contribution in [0.1, 0.15) is 21.5 Å². The van der Waals surface area contributed by atoms with E-state index in [2.05, 4.69) is 4.74 Å². The maximum atomic E-state index is 11.6. The van der Waals surface area contributed by atoms with Gasteiger partial charge < -0.3 is 9.84 Å². The summed E-state index contributed by atoms with van der Waals surface area (Å²) in [5.41, 5.74) is 2.41. The molecule has 0 radical (unpaired) electrons. The number of ether oxygens (including phenoxy) is 1. The van der Waals surface area contributed by atoms with Crippen molar-refractivity contribution in [2.24, 2.45) is 0 Å². The van der Waals surface area contributed by atoms with E-state index < -0.39 is 11.9 Å². The molecule has 0 bridgehead atoms. The minimum atomic E-state index is -0.913. The molecule has 1 N–H and O–H groups in total. The number of benzene rings is 1. The van der Waals surface area contributed by atoms with Crippen LogP contribution in [0.3, 0.4) is 0 Å². The number of aryl methyl sites for hydroxylation is 2. The van der Waals surface area contributed by atoms with Gasteiger partial charge in [-0.1, -0.05) is 0 Å². The van der Waals surface area contributed by atoms with Gasteiger partial charge in [-0.25, -0.2) is 4.79 Å². The maximum absolute atomic E-state index is 11.6. The third-order valence-corrected chi connectivity index (χ3v) is 3.39. The number of carboxylic acid groups (broad SMARTS) is 1. The van der Waals surface area contributed by atoms with Crippen molar-refractivity contribution >= 4 is 23.7 Å². The van der Waals surface area contributed by atoms with Crippen LogP contribution in [0.2, 0.25) is 0 Å². The summed E-state index contributed by atoms with van der Waals surface area (Å²) >= 11 is 1.12. The lowest BCUT2D eigenvalue weighted by molar-refractivity contribution is -0.133. The first-order chi connectivity index (χ1) is 7.95. The topological polar surface area (TPSA) is 63.6 Å². The zero-order valence-corrected chi connectivity index (χ0v) is 10.8. The quantitative estimate of drug-likeness (QED) is 0.659. The van der Waals surface area contributed by atoms with Crippen LogP contribution in [0.4, 0.5) is 0 Å². The van der Waals surface area contributed by atoms with Crippen molar-refractivity contribution in [1.29, 1.82) is 0 Å². The van der Waals surface area contributed by atoms with Gasteiger partial charge in [0.15, 0.2) is 0 Å². The fourth-order valence-electron chi connectivity index (χ4n) is 1.32. The molecule has 0 aliphatic rings. The number of aliphatic carboxylic acids is 1. The average Bonchev–Trinajstić information content (AvgIpc) is 2.29. The van der Waals surface area contributed by atoms with Crippen molar-refractivity contribution in [3.8, 4) is 0 Å². The van der Waals surface area contributed by atoms with Crippen LogP contribution >= 0.6 is 11.8 Å². The van der Waals surface area contributed by atoms with Gasteiger partial charge >= 0.3 is 11.9 Å². The van der Waals surface area contributed by atoms with E-state index in [-0.39, 0.29) is 5.75 Å². The van der Waals surface area contributed by atoms with Crippen molar-refractivity contribution in [2.45, 2.75) is 18.7 Å². The number of carbonyl (C=O) groups excluding carboxylic acids is 1. The number of carbonyl (C=O) groups is 2. The number of carboxylic acids is 1.